The van der Waals surface area contributed by atoms with Crippen LogP contribution in [0.2, 0.25) is 0 Å². The van der Waals surface area contributed by atoms with Gasteiger partial charge in [0.1, 0.15) is 11.6 Å². The second-order valence-electron chi connectivity index (χ2n) is 6.83. The molecule has 0 aliphatic carbocycles. The van der Waals surface area contributed by atoms with Gasteiger partial charge in [0.2, 0.25) is 0 Å². The summed E-state index contributed by atoms with van der Waals surface area (Å²) in [5.41, 5.74) is 7.39. The van der Waals surface area contributed by atoms with Gasteiger partial charge in [-0.3, -0.25) is 14.4 Å². The maximum atomic E-state index is 11.4. The summed E-state index contributed by atoms with van der Waals surface area (Å²) in [7, 11) is -4.15. The minimum Gasteiger partial charge on any atom is -0.369 e. The average Bonchev–Trinajstić information content (AvgIpc) is 2.95. The third-order valence-corrected chi connectivity index (χ3v) is 6.07. The van der Waals surface area contributed by atoms with Crippen molar-refractivity contribution < 1.29 is 13.0 Å². The number of guanidine groups is 1. The van der Waals surface area contributed by atoms with Crippen LogP contribution in [0.15, 0.2) is 63.0 Å². The quantitative estimate of drug-likeness (QED) is 0.678. The fourth-order valence-corrected chi connectivity index (χ4v) is 4.78. The molecule has 0 aromatic heterocycles. The van der Waals surface area contributed by atoms with E-state index in [1.165, 1.54) is 0 Å². The highest BCUT2D eigenvalue weighted by Crippen LogP contribution is 2.42. The van der Waals surface area contributed by atoms with E-state index in [4.69, 9.17) is 15.7 Å². The Balaban J connectivity index is 1.96. The number of rotatable bonds is 4. The van der Waals surface area contributed by atoms with Crippen molar-refractivity contribution in [2.24, 2.45) is 15.7 Å². The second-order valence-corrected chi connectivity index (χ2v) is 9.20. The summed E-state index contributed by atoms with van der Waals surface area (Å²) in [5.74, 6) is 0.655. The summed E-state index contributed by atoms with van der Waals surface area (Å²) in [6, 6.07) is 14.8. The van der Waals surface area contributed by atoms with Crippen molar-refractivity contribution in [2.45, 2.75) is 17.7 Å². The summed E-state index contributed by atoms with van der Waals surface area (Å²) in [4.78, 5) is 11.5. The van der Waals surface area contributed by atoms with Crippen LogP contribution in [0.1, 0.15) is 23.1 Å². The average molecular weight is 463 g/mol. The Labute approximate surface area is 171 Å². The molecule has 0 amide bonds. The number of fused-ring (bicyclic) bond motifs is 1. The van der Waals surface area contributed by atoms with Crippen LogP contribution in [-0.2, 0) is 21.4 Å². The number of amidine groups is 1. The van der Waals surface area contributed by atoms with Crippen molar-refractivity contribution in [3.8, 4) is 0 Å². The first-order valence-electron chi connectivity index (χ1n) is 8.78. The first-order valence-corrected chi connectivity index (χ1v) is 11.2. The fourth-order valence-electron chi connectivity index (χ4n) is 3.78. The third-order valence-electron chi connectivity index (χ3n) is 4.88. The predicted molar refractivity (Wildman–Crippen MR) is 112 cm³/mol. The number of halogens is 1. The Morgan fingerprint density at radius 1 is 1.18 bits per heavy atom. The number of nitrogens with zero attached hydrogens (tertiary/aromatic N) is 3. The topological polar surface area (TPSA) is 108 Å². The molecule has 0 spiro atoms. The molecule has 146 valence electrons. The number of hydrogen-bond acceptors (Lipinski definition) is 6. The molecule has 4 rings (SSSR count). The molecule has 0 saturated carbocycles. The predicted octanol–water partition coefficient (Wildman–Crippen LogP) is 2.51. The van der Waals surface area contributed by atoms with E-state index in [2.05, 4.69) is 15.9 Å². The van der Waals surface area contributed by atoms with E-state index in [0.29, 0.717) is 18.1 Å². The van der Waals surface area contributed by atoms with Crippen molar-refractivity contribution in [1.29, 1.82) is 0 Å². The molecule has 1 unspecified atom stereocenters. The molecule has 7 nitrogen and oxygen atoms in total. The zero-order chi connectivity index (χ0) is 19.9. The van der Waals surface area contributed by atoms with Crippen LogP contribution in [0.5, 0.6) is 0 Å². The Morgan fingerprint density at radius 2 is 1.89 bits per heavy atom. The molecular weight excluding hydrogens is 444 g/mol. The number of nitrogens with two attached hydrogens (primary N) is 1. The van der Waals surface area contributed by atoms with Crippen LogP contribution in [0, 0.1) is 0 Å². The van der Waals surface area contributed by atoms with Crippen molar-refractivity contribution in [2.75, 3.05) is 13.1 Å². The van der Waals surface area contributed by atoms with E-state index in [1.807, 2.05) is 35.2 Å². The Morgan fingerprint density at radius 3 is 2.61 bits per heavy atom. The maximum Gasteiger partial charge on any atom is 0.269 e. The molecule has 3 N–H and O–H groups in total. The summed E-state index contributed by atoms with van der Waals surface area (Å²) < 4.78 is 32.9. The minimum absolute atomic E-state index is 0.388. The first-order chi connectivity index (χ1) is 13.3. The largest absolute Gasteiger partial charge is 0.369 e. The number of benzene rings is 2. The van der Waals surface area contributed by atoms with E-state index in [9.17, 15) is 13.0 Å². The SMILES string of the molecule is NC1=NC(c2cccc(Br)c2)(c2cccc(CS(=O)(=O)O)c2)C2=NCCCN12. The molecule has 2 aliphatic rings. The lowest BCUT2D eigenvalue weighted by atomic mass is 9.81. The lowest BCUT2D eigenvalue weighted by Gasteiger charge is -2.33. The Kier molecular flexibility index (Phi) is 4.76. The van der Waals surface area contributed by atoms with Crippen LogP contribution in [-0.4, -0.2) is 42.8 Å². The lowest BCUT2D eigenvalue weighted by Crippen LogP contribution is -2.46. The second kappa shape index (κ2) is 6.98. The molecule has 0 radical (unpaired) electrons. The Bertz CT molecular complexity index is 1100. The molecule has 2 heterocycles. The molecule has 9 heteroatoms. The summed E-state index contributed by atoms with van der Waals surface area (Å²) in [6.45, 7) is 1.41. The van der Waals surface area contributed by atoms with Crippen LogP contribution in [0.3, 0.4) is 0 Å². The normalized spacial score (nSPS) is 21.9. The maximum absolute atomic E-state index is 11.4. The van der Waals surface area contributed by atoms with Gasteiger partial charge in [-0.1, -0.05) is 52.3 Å². The van der Waals surface area contributed by atoms with Crippen molar-refractivity contribution in [3.63, 3.8) is 0 Å². The molecule has 28 heavy (non-hydrogen) atoms. The van der Waals surface area contributed by atoms with Crippen LogP contribution >= 0.6 is 15.9 Å². The third kappa shape index (κ3) is 3.34. The van der Waals surface area contributed by atoms with E-state index in [0.717, 1.165) is 34.4 Å². The highest BCUT2D eigenvalue weighted by atomic mass is 79.9. The molecule has 2 aromatic carbocycles. The lowest BCUT2D eigenvalue weighted by molar-refractivity contribution is 0.482. The van der Waals surface area contributed by atoms with Gasteiger partial charge in [0.05, 0.1) is 0 Å². The van der Waals surface area contributed by atoms with Gasteiger partial charge in [0.15, 0.2) is 11.5 Å². The molecule has 2 aliphatic heterocycles. The van der Waals surface area contributed by atoms with E-state index in [-0.39, 0.29) is 0 Å². The summed E-state index contributed by atoms with van der Waals surface area (Å²) >= 11 is 3.52. The van der Waals surface area contributed by atoms with Crippen LogP contribution < -0.4 is 5.73 Å². The van der Waals surface area contributed by atoms with Crippen molar-refractivity contribution in [3.05, 3.63) is 69.7 Å². The van der Waals surface area contributed by atoms with E-state index in [1.54, 1.807) is 18.2 Å². The molecule has 0 bridgehead atoms. The highest BCUT2D eigenvalue weighted by molar-refractivity contribution is 9.10. The Hall–Kier alpha value is -2.23. The van der Waals surface area contributed by atoms with Gasteiger partial charge in [-0.25, -0.2) is 4.99 Å². The van der Waals surface area contributed by atoms with Crippen LogP contribution in [0.4, 0.5) is 0 Å². The summed E-state index contributed by atoms with van der Waals surface area (Å²) in [6.07, 6.45) is 0.886. The standard InChI is InChI=1S/C19H19BrN4O3S/c20-16-7-2-6-15(11-16)19(17-22-8-3-9-24(17)18(21)23-19)14-5-1-4-13(10-14)12-28(25,26)27/h1-2,4-7,10-11H,3,8-9,12H2,(H2,21,23)(H,25,26,27). The van der Waals surface area contributed by atoms with Crippen LogP contribution in [0.25, 0.3) is 0 Å². The monoisotopic (exact) mass is 462 g/mol. The van der Waals surface area contributed by atoms with Gasteiger partial charge in [-0.15, -0.1) is 0 Å². The zero-order valence-electron chi connectivity index (χ0n) is 14.9. The van der Waals surface area contributed by atoms with Crippen molar-refractivity contribution in [1.82, 2.24) is 4.90 Å². The number of hydrogen-bond donors (Lipinski definition) is 2. The highest BCUT2D eigenvalue weighted by Gasteiger charge is 2.49. The molecule has 0 saturated heterocycles. The van der Waals surface area contributed by atoms with Gasteiger partial charge in [-0.05, 0) is 35.2 Å². The van der Waals surface area contributed by atoms with E-state index < -0.39 is 21.4 Å². The molecule has 0 fully saturated rings. The fraction of sp³-hybridized carbons (Fsp3) is 0.263. The van der Waals surface area contributed by atoms with Gasteiger partial charge >= 0.3 is 0 Å². The van der Waals surface area contributed by atoms with Gasteiger partial charge in [0.25, 0.3) is 10.1 Å². The molecule has 2 aromatic rings. The van der Waals surface area contributed by atoms with Crippen molar-refractivity contribution >= 4 is 37.8 Å². The van der Waals surface area contributed by atoms with Gasteiger partial charge in [-0.2, -0.15) is 8.42 Å². The van der Waals surface area contributed by atoms with Gasteiger partial charge in [0, 0.05) is 17.6 Å². The number of aliphatic imine (C=N–C) groups is 2. The smallest absolute Gasteiger partial charge is 0.269 e. The molecule has 1 atom stereocenters. The van der Waals surface area contributed by atoms with Gasteiger partial charge < -0.3 is 5.73 Å². The first kappa shape index (κ1) is 19.1. The minimum atomic E-state index is -4.15. The van der Waals surface area contributed by atoms with E-state index >= 15 is 0 Å². The summed E-state index contributed by atoms with van der Waals surface area (Å²) in [5, 5.41) is 0. The zero-order valence-corrected chi connectivity index (χ0v) is 17.3. The molecular formula is C19H19BrN4O3S.